The lowest BCUT2D eigenvalue weighted by Gasteiger charge is -2.30. The first kappa shape index (κ1) is 9.14. The molecule has 2 heteroatoms. The Kier molecular flexibility index (Phi) is 2.63. The average Bonchev–Trinajstić information content (AvgIpc) is 2.61. The van der Waals surface area contributed by atoms with Gasteiger partial charge in [0.25, 0.3) is 0 Å². The molecule has 0 radical (unpaired) electrons. The third-order valence-corrected chi connectivity index (χ3v) is 3.44. The predicted octanol–water partition coefficient (Wildman–Crippen LogP) is 3.79. The van der Waals surface area contributed by atoms with E-state index in [2.05, 4.69) is 13.0 Å². The normalized spacial score (nSPS) is 34.8. The van der Waals surface area contributed by atoms with Crippen molar-refractivity contribution in [3.05, 3.63) is 24.2 Å². The summed E-state index contributed by atoms with van der Waals surface area (Å²) >= 11 is 6.15. The minimum absolute atomic E-state index is 0.339. The van der Waals surface area contributed by atoms with Gasteiger partial charge in [-0.3, -0.25) is 0 Å². The van der Waals surface area contributed by atoms with E-state index >= 15 is 0 Å². The van der Waals surface area contributed by atoms with Crippen molar-refractivity contribution in [1.29, 1.82) is 0 Å². The molecule has 72 valence electrons. The zero-order valence-electron chi connectivity index (χ0n) is 7.87. The third-order valence-electron chi connectivity index (χ3n) is 3.04. The van der Waals surface area contributed by atoms with Gasteiger partial charge >= 0.3 is 0 Å². The molecular weight excluding hydrogens is 184 g/mol. The molecule has 1 saturated carbocycles. The van der Waals surface area contributed by atoms with Crippen LogP contribution in [-0.4, -0.2) is 5.38 Å². The number of hydrogen-bond donors (Lipinski definition) is 0. The zero-order valence-corrected chi connectivity index (χ0v) is 8.63. The van der Waals surface area contributed by atoms with E-state index in [1.54, 1.807) is 6.26 Å². The molecule has 1 aliphatic carbocycles. The minimum Gasteiger partial charge on any atom is -0.469 e. The molecule has 0 amide bonds. The lowest BCUT2D eigenvalue weighted by atomic mass is 9.79. The van der Waals surface area contributed by atoms with Gasteiger partial charge < -0.3 is 4.42 Å². The van der Waals surface area contributed by atoms with Crippen molar-refractivity contribution >= 4 is 11.6 Å². The summed E-state index contributed by atoms with van der Waals surface area (Å²) in [5, 5.41) is 0.339. The fraction of sp³-hybridized carbons (Fsp3) is 0.636. The summed E-state index contributed by atoms with van der Waals surface area (Å²) in [5.41, 5.74) is 0. The van der Waals surface area contributed by atoms with E-state index < -0.39 is 0 Å². The number of alkyl halides is 1. The Morgan fingerprint density at radius 3 is 3.00 bits per heavy atom. The first-order chi connectivity index (χ1) is 6.27. The van der Waals surface area contributed by atoms with Crippen LogP contribution in [0.4, 0.5) is 0 Å². The maximum absolute atomic E-state index is 6.15. The van der Waals surface area contributed by atoms with Crippen LogP contribution in [-0.2, 0) is 0 Å². The molecule has 0 saturated heterocycles. The van der Waals surface area contributed by atoms with Crippen LogP contribution in [0.1, 0.15) is 37.9 Å². The first-order valence-corrected chi connectivity index (χ1v) is 5.38. The molecule has 1 aromatic heterocycles. The van der Waals surface area contributed by atoms with Crippen LogP contribution in [0.2, 0.25) is 0 Å². The third kappa shape index (κ3) is 1.91. The summed E-state index contributed by atoms with van der Waals surface area (Å²) in [6, 6.07) is 4.02. The Balaban J connectivity index is 2.12. The van der Waals surface area contributed by atoms with Gasteiger partial charge in [-0.25, -0.2) is 0 Å². The van der Waals surface area contributed by atoms with E-state index in [0.29, 0.717) is 17.2 Å². The molecule has 0 spiro atoms. The highest BCUT2D eigenvalue weighted by Crippen LogP contribution is 2.39. The van der Waals surface area contributed by atoms with Gasteiger partial charge in [0, 0.05) is 11.3 Å². The monoisotopic (exact) mass is 198 g/mol. The highest BCUT2D eigenvalue weighted by atomic mass is 35.5. The lowest BCUT2D eigenvalue weighted by molar-refractivity contribution is 0.294. The van der Waals surface area contributed by atoms with Crippen LogP contribution in [0.25, 0.3) is 0 Å². The van der Waals surface area contributed by atoms with Gasteiger partial charge in [-0.05, 0) is 37.3 Å². The second-order valence-electron chi connectivity index (χ2n) is 4.01. The summed E-state index contributed by atoms with van der Waals surface area (Å²) in [7, 11) is 0. The maximum atomic E-state index is 6.15. The van der Waals surface area contributed by atoms with Gasteiger partial charge in [-0.15, -0.1) is 11.6 Å². The van der Waals surface area contributed by atoms with E-state index in [-0.39, 0.29) is 0 Å². The van der Waals surface area contributed by atoms with Crippen LogP contribution in [0.15, 0.2) is 22.8 Å². The molecule has 0 aromatic carbocycles. The SMILES string of the molecule is CC1CCC(Cl)CC1c1ccco1. The van der Waals surface area contributed by atoms with Crippen molar-refractivity contribution in [2.24, 2.45) is 5.92 Å². The van der Waals surface area contributed by atoms with E-state index in [1.165, 1.54) is 6.42 Å². The van der Waals surface area contributed by atoms with Crippen LogP contribution in [0, 0.1) is 5.92 Å². The number of halogens is 1. The molecule has 0 aliphatic heterocycles. The van der Waals surface area contributed by atoms with E-state index in [0.717, 1.165) is 18.6 Å². The standard InChI is InChI=1S/C11H15ClO/c1-8-4-5-9(12)7-10(8)11-3-2-6-13-11/h2-3,6,8-10H,4-5,7H2,1H3. The molecule has 1 aromatic rings. The van der Waals surface area contributed by atoms with Crippen LogP contribution in [0.5, 0.6) is 0 Å². The van der Waals surface area contributed by atoms with Crippen molar-refractivity contribution in [1.82, 2.24) is 0 Å². The molecule has 1 fully saturated rings. The quantitative estimate of drug-likeness (QED) is 0.626. The molecular formula is C11H15ClO. The fourth-order valence-corrected chi connectivity index (χ4v) is 2.49. The summed E-state index contributed by atoms with van der Waals surface area (Å²) in [5.74, 6) is 2.35. The molecule has 2 rings (SSSR count). The number of hydrogen-bond acceptors (Lipinski definition) is 1. The highest BCUT2D eigenvalue weighted by molar-refractivity contribution is 6.20. The summed E-state index contributed by atoms with van der Waals surface area (Å²) in [6.45, 7) is 2.29. The summed E-state index contributed by atoms with van der Waals surface area (Å²) < 4.78 is 5.43. The van der Waals surface area contributed by atoms with Crippen LogP contribution in [0.3, 0.4) is 0 Å². The molecule has 1 heterocycles. The van der Waals surface area contributed by atoms with E-state index in [4.69, 9.17) is 16.0 Å². The largest absolute Gasteiger partial charge is 0.469 e. The van der Waals surface area contributed by atoms with Gasteiger partial charge in [0.2, 0.25) is 0 Å². The van der Waals surface area contributed by atoms with Crippen molar-refractivity contribution in [3.63, 3.8) is 0 Å². The Hall–Kier alpha value is -0.430. The minimum atomic E-state index is 0.339. The summed E-state index contributed by atoms with van der Waals surface area (Å²) in [4.78, 5) is 0. The molecule has 13 heavy (non-hydrogen) atoms. The highest BCUT2D eigenvalue weighted by Gasteiger charge is 2.29. The van der Waals surface area contributed by atoms with Gasteiger partial charge in [-0.1, -0.05) is 6.92 Å². The second-order valence-corrected chi connectivity index (χ2v) is 4.63. The van der Waals surface area contributed by atoms with Crippen molar-refractivity contribution in [2.75, 3.05) is 0 Å². The Morgan fingerprint density at radius 1 is 1.46 bits per heavy atom. The van der Waals surface area contributed by atoms with Crippen molar-refractivity contribution in [3.8, 4) is 0 Å². The lowest BCUT2D eigenvalue weighted by Crippen LogP contribution is -2.21. The molecule has 0 bridgehead atoms. The van der Waals surface area contributed by atoms with Crippen molar-refractivity contribution in [2.45, 2.75) is 37.5 Å². The Morgan fingerprint density at radius 2 is 2.31 bits per heavy atom. The van der Waals surface area contributed by atoms with Crippen LogP contribution < -0.4 is 0 Å². The Bertz CT molecular complexity index is 255. The smallest absolute Gasteiger partial charge is 0.107 e. The molecule has 3 unspecified atom stereocenters. The predicted molar refractivity (Wildman–Crippen MR) is 54.1 cm³/mol. The summed E-state index contributed by atoms with van der Waals surface area (Å²) in [6.07, 6.45) is 5.19. The van der Waals surface area contributed by atoms with Crippen LogP contribution >= 0.6 is 11.6 Å². The molecule has 0 N–H and O–H groups in total. The number of rotatable bonds is 1. The second kappa shape index (κ2) is 3.75. The number of furan rings is 1. The van der Waals surface area contributed by atoms with Crippen molar-refractivity contribution < 1.29 is 4.42 Å². The van der Waals surface area contributed by atoms with Gasteiger partial charge in [-0.2, -0.15) is 0 Å². The fourth-order valence-electron chi connectivity index (χ4n) is 2.17. The molecule has 1 nitrogen and oxygen atoms in total. The van der Waals surface area contributed by atoms with Gasteiger partial charge in [0.1, 0.15) is 5.76 Å². The topological polar surface area (TPSA) is 13.1 Å². The van der Waals surface area contributed by atoms with Gasteiger partial charge in [0.15, 0.2) is 0 Å². The Labute approximate surface area is 84.1 Å². The average molecular weight is 199 g/mol. The maximum Gasteiger partial charge on any atom is 0.107 e. The first-order valence-electron chi connectivity index (χ1n) is 4.95. The van der Waals surface area contributed by atoms with E-state index in [1.807, 2.05) is 6.07 Å². The zero-order chi connectivity index (χ0) is 9.26. The molecule has 3 atom stereocenters. The van der Waals surface area contributed by atoms with Gasteiger partial charge in [0.05, 0.1) is 6.26 Å². The van der Waals surface area contributed by atoms with E-state index in [9.17, 15) is 0 Å². The molecule has 1 aliphatic rings.